The molecule has 9 nitrogen and oxygen atoms in total. The van der Waals surface area contributed by atoms with Gasteiger partial charge in [-0.05, 0) is 12.1 Å². The second-order valence-corrected chi connectivity index (χ2v) is 6.40. The van der Waals surface area contributed by atoms with E-state index in [4.69, 9.17) is 5.73 Å². The van der Waals surface area contributed by atoms with E-state index in [0.29, 0.717) is 33.1 Å². The molecule has 4 aromatic rings. The summed E-state index contributed by atoms with van der Waals surface area (Å²) >= 11 is 1.30. The second kappa shape index (κ2) is 6.92. The van der Waals surface area contributed by atoms with Crippen molar-refractivity contribution in [3.63, 3.8) is 0 Å². The largest absolute Gasteiger partial charge is 0.383 e. The summed E-state index contributed by atoms with van der Waals surface area (Å²) in [7, 11) is 0. The van der Waals surface area contributed by atoms with Crippen molar-refractivity contribution in [1.82, 2.24) is 30.2 Å². The summed E-state index contributed by atoms with van der Waals surface area (Å²) in [6.07, 6.45) is 3.03. The number of hydrogen-bond donors (Lipinski definition) is 3. The van der Waals surface area contributed by atoms with Gasteiger partial charge in [-0.25, -0.2) is 15.0 Å². The van der Waals surface area contributed by atoms with E-state index in [9.17, 15) is 9.59 Å². The van der Waals surface area contributed by atoms with Gasteiger partial charge >= 0.3 is 0 Å². The average Bonchev–Trinajstić information content (AvgIpc) is 3.12. The Labute approximate surface area is 156 Å². The van der Waals surface area contributed by atoms with Crippen LogP contribution in [0.25, 0.3) is 21.7 Å². The third kappa shape index (κ3) is 3.37. The minimum atomic E-state index is -0.353. The van der Waals surface area contributed by atoms with E-state index in [1.54, 1.807) is 23.7 Å². The summed E-state index contributed by atoms with van der Waals surface area (Å²) in [4.78, 5) is 43.9. The first-order chi connectivity index (χ1) is 13.1. The van der Waals surface area contributed by atoms with Crippen LogP contribution in [0.5, 0.6) is 0 Å². The van der Waals surface area contributed by atoms with E-state index in [1.165, 1.54) is 23.6 Å². The zero-order valence-electron chi connectivity index (χ0n) is 13.8. The maximum Gasteiger partial charge on any atom is 0.253 e. The summed E-state index contributed by atoms with van der Waals surface area (Å²) in [5, 5.41) is 4.87. The molecule has 0 radical (unpaired) electrons. The Morgan fingerprint density at radius 2 is 2.07 bits per heavy atom. The normalized spacial score (nSPS) is 10.8. The predicted octanol–water partition coefficient (Wildman–Crippen LogP) is 1.35. The molecule has 0 unspecified atom stereocenters. The highest BCUT2D eigenvalue weighted by Crippen LogP contribution is 2.30. The standard InChI is InChI=1S/C17H13N7O2S/c18-14-13-9(16(26)21-7-11-20-6-4-12(25)22-11)8-27-17(13)24-15(23-14)10-3-1-2-5-19-10/h1-6,8H,7H2,(H,21,26)(H2,18,23,24)(H,20,22,25). The smallest absolute Gasteiger partial charge is 0.253 e. The summed E-state index contributed by atoms with van der Waals surface area (Å²) < 4.78 is 0. The number of nitrogens with one attached hydrogen (secondary N) is 2. The van der Waals surface area contributed by atoms with Crippen LogP contribution in [0.4, 0.5) is 5.82 Å². The number of carbonyl (C=O) groups is 1. The van der Waals surface area contributed by atoms with Crippen molar-refractivity contribution >= 4 is 33.3 Å². The van der Waals surface area contributed by atoms with Gasteiger partial charge in [0.05, 0.1) is 17.5 Å². The van der Waals surface area contributed by atoms with E-state index < -0.39 is 0 Å². The number of nitrogens with two attached hydrogens (primary N) is 1. The quantitative estimate of drug-likeness (QED) is 0.486. The summed E-state index contributed by atoms with van der Waals surface area (Å²) in [6.45, 7) is 0.0824. The van der Waals surface area contributed by atoms with Crippen LogP contribution in [0.2, 0.25) is 0 Å². The van der Waals surface area contributed by atoms with Crippen LogP contribution in [0.1, 0.15) is 16.2 Å². The fourth-order valence-corrected chi connectivity index (χ4v) is 3.43. The fourth-order valence-electron chi connectivity index (χ4n) is 2.51. The van der Waals surface area contributed by atoms with Gasteiger partial charge in [0.25, 0.3) is 11.5 Å². The lowest BCUT2D eigenvalue weighted by atomic mass is 10.2. The number of fused-ring (bicyclic) bond motifs is 1. The van der Waals surface area contributed by atoms with E-state index in [-0.39, 0.29) is 23.8 Å². The Kier molecular flexibility index (Phi) is 4.30. The molecule has 0 aliphatic rings. The number of hydrogen-bond acceptors (Lipinski definition) is 8. The van der Waals surface area contributed by atoms with Gasteiger partial charge in [0, 0.05) is 23.8 Å². The Balaban J connectivity index is 1.63. The summed E-state index contributed by atoms with van der Waals surface area (Å²) in [5.74, 6) is 0.615. The van der Waals surface area contributed by atoms with Crippen LogP contribution in [0, 0.1) is 0 Å². The van der Waals surface area contributed by atoms with E-state index in [2.05, 4.69) is 30.2 Å². The van der Waals surface area contributed by atoms with Crippen molar-refractivity contribution < 1.29 is 4.79 Å². The number of nitrogen functional groups attached to an aromatic ring is 1. The molecule has 0 spiro atoms. The first-order valence-electron chi connectivity index (χ1n) is 7.90. The fraction of sp³-hybridized carbons (Fsp3) is 0.0588. The third-order valence-corrected chi connectivity index (χ3v) is 4.61. The highest BCUT2D eigenvalue weighted by Gasteiger charge is 2.18. The van der Waals surface area contributed by atoms with E-state index in [1.807, 2.05) is 6.07 Å². The van der Waals surface area contributed by atoms with Crippen LogP contribution in [-0.2, 0) is 6.54 Å². The number of aromatic amines is 1. The highest BCUT2D eigenvalue weighted by molar-refractivity contribution is 7.17. The maximum atomic E-state index is 12.5. The van der Waals surface area contributed by atoms with Crippen LogP contribution < -0.4 is 16.6 Å². The molecule has 4 heterocycles. The Morgan fingerprint density at radius 1 is 1.19 bits per heavy atom. The number of anilines is 1. The Bertz CT molecular complexity index is 1190. The van der Waals surface area contributed by atoms with Gasteiger partial charge in [0.15, 0.2) is 5.82 Å². The van der Waals surface area contributed by atoms with Crippen LogP contribution in [0.15, 0.2) is 46.8 Å². The van der Waals surface area contributed by atoms with Gasteiger partial charge < -0.3 is 16.0 Å². The van der Waals surface area contributed by atoms with Crippen molar-refractivity contribution in [1.29, 1.82) is 0 Å². The van der Waals surface area contributed by atoms with Crippen molar-refractivity contribution in [2.75, 3.05) is 5.73 Å². The molecule has 4 aromatic heterocycles. The number of aromatic nitrogens is 5. The summed E-state index contributed by atoms with van der Waals surface area (Å²) in [5.41, 5.74) is 6.78. The highest BCUT2D eigenvalue weighted by atomic mass is 32.1. The van der Waals surface area contributed by atoms with Gasteiger partial charge in [0.2, 0.25) is 0 Å². The molecule has 134 valence electrons. The number of nitrogens with zero attached hydrogens (tertiary/aromatic N) is 4. The van der Waals surface area contributed by atoms with Gasteiger partial charge in [-0.15, -0.1) is 11.3 Å². The predicted molar refractivity (Wildman–Crippen MR) is 101 cm³/mol. The first kappa shape index (κ1) is 16.8. The first-order valence-corrected chi connectivity index (χ1v) is 8.78. The number of amides is 1. The molecule has 10 heteroatoms. The minimum Gasteiger partial charge on any atom is -0.383 e. The molecule has 27 heavy (non-hydrogen) atoms. The summed E-state index contributed by atoms with van der Waals surface area (Å²) in [6, 6.07) is 6.72. The average molecular weight is 379 g/mol. The molecule has 0 saturated heterocycles. The molecule has 0 aliphatic carbocycles. The monoisotopic (exact) mass is 379 g/mol. The molecular weight excluding hydrogens is 366 g/mol. The van der Waals surface area contributed by atoms with Gasteiger partial charge in [-0.3, -0.25) is 14.6 Å². The molecular formula is C17H13N7O2S. The second-order valence-electron chi connectivity index (χ2n) is 5.54. The van der Waals surface area contributed by atoms with Crippen molar-refractivity contribution in [3.8, 4) is 11.5 Å². The van der Waals surface area contributed by atoms with Crippen molar-refractivity contribution in [2.24, 2.45) is 0 Å². The molecule has 0 bridgehead atoms. The number of H-pyrrole nitrogens is 1. The molecule has 4 N–H and O–H groups in total. The van der Waals surface area contributed by atoms with Crippen LogP contribution in [0.3, 0.4) is 0 Å². The van der Waals surface area contributed by atoms with Crippen molar-refractivity contribution in [2.45, 2.75) is 6.54 Å². The van der Waals surface area contributed by atoms with Crippen molar-refractivity contribution in [3.05, 3.63) is 63.8 Å². The number of carbonyl (C=O) groups excluding carboxylic acids is 1. The van der Waals surface area contributed by atoms with Gasteiger partial charge in [0.1, 0.15) is 22.2 Å². The van der Waals surface area contributed by atoms with Gasteiger partial charge in [-0.2, -0.15) is 0 Å². The number of rotatable bonds is 4. The zero-order valence-corrected chi connectivity index (χ0v) is 14.7. The zero-order chi connectivity index (χ0) is 18.8. The molecule has 4 rings (SSSR count). The molecule has 0 aliphatic heterocycles. The molecule has 1 amide bonds. The molecule has 0 saturated carbocycles. The molecule has 0 atom stereocenters. The van der Waals surface area contributed by atoms with E-state index >= 15 is 0 Å². The molecule has 0 fully saturated rings. The lowest BCUT2D eigenvalue weighted by Gasteiger charge is -2.06. The van der Waals surface area contributed by atoms with E-state index in [0.717, 1.165) is 0 Å². The Morgan fingerprint density at radius 3 is 2.85 bits per heavy atom. The number of thiophene rings is 1. The SMILES string of the molecule is Nc1nc(-c2ccccn2)nc2scc(C(=O)NCc3nccc(=O)[nH]3)c12. The van der Waals surface area contributed by atoms with Crippen LogP contribution >= 0.6 is 11.3 Å². The minimum absolute atomic E-state index is 0.0824. The lowest BCUT2D eigenvalue weighted by molar-refractivity contribution is 0.0952. The van der Waals surface area contributed by atoms with Crippen LogP contribution in [-0.4, -0.2) is 30.8 Å². The molecule has 0 aromatic carbocycles. The third-order valence-electron chi connectivity index (χ3n) is 3.74. The van der Waals surface area contributed by atoms with Gasteiger partial charge in [-0.1, -0.05) is 6.07 Å². The number of pyridine rings is 1. The Hall–Kier alpha value is -3.66. The maximum absolute atomic E-state index is 12.5. The topological polar surface area (TPSA) is 140 Å². The lowest BCUT2D eigenvalue weighted by Crippen LogP contribution is -2.25.